The monoisotopic (exact) mass is 290 g/mol. The van der Waals surface area contributed by atoms with Crippen molar-refractivity contribution in [3.05, 3.63) is 11.9 Å². The van der Waals surface area contributed by atoms with Gasteiger partial charge in [-0.2, -0.15) is 5.10 Å². The van der Waals surface area contributed by atoms with E-state index in [9.17, 15) is 0 Å². The molecule has 1 aromatic rings. The summed E-state index contributed by atoms with van der Waals surface area (Å²) in [5.74, 6) is 11.2. The van der Waals surface area contributed by atoms with E-state index in [1.807, 2.05) is 6.20 Å². The van der Waals surface area contributed by atoms with Crippen LogP contribution in [0.4, 0.5) is 0 Å². The summed E-state index contributed by atoms with van der Waals surface area (Å²) >= 11 is 0. The van der Waals surface area contributed by atoms with Gasteiger partial charge in [0.15, 0.2) is 5.75 Å². The number of fused-ring (bicyclic) bond motifs is 5. The molecule has 0 spiro atoms. The van der Waals surface area contributed by atoms with E-state index in [0.717, 1.165) is 35.1 Å². The molecule has 5 atom stereocenters. The van der Waals surface area contributed by atoms with Crippen LogP contribution in [0.3, 0.4) is 0 Å². The lowest BCUT2D eigenvalue weighted by Gasteiger charge is -2.23. The highest BCUT2D eigenvalue weighted by atomic mass is 16.5. The number of aromatic nitrogens is 2. The molecule has 21 heavy (non-hydrogen) atoms. The number of ether oxygens (including phenoxy) is 1. The molecular formula is C16H26N4O. The van der Waals surface area contributed by atoms with Crippen molar-refractivity contribution in [2.24, 2.45) is 35.4 Å². The van der Waals surface area contributed by atoms with Gasteiger partial charge in [-0.1, -0.05) is 0 Å². The fourth-order valence-corrected chi connectivity index (χ4v) is 5.43. The quantitative estimate of drug-likeness (QED) is 0.645. The fourth-order valence-electron chi connectivity index (χ4n) is 5.43. The predicted octanol–water partition coefficient (Wildman–Crippen LogP) is 2.27. The van der Waals surface area contributed by atoms with Gasteiger partial charge < -0.3 is 4.74 Å². The van der Waals surface area contributed by atoms with Gasteiger partial charge in [0.05, 0.1) is 25.0 Å². The number of hydrogen-bond donors (Lipinski definition) is 2. The van der Waals surface area contributed by atoms with E-state index in [-0.39, 0.29) is 6.04 Å². The number of nitrogens with zero attached hydrogens (tertiary/aromatic N) is 2. The minimum Gasteiger partial charge on any atom is -0.493 e. The zero-order chi connectivity index (χ0) is 14.7. The predicted molar refractivity (Wildman–Crippen MR) is 80.5 cm³/mol. The smallest absolute Gasteiger partial charge is 0.161 e. The Morgan fingerprint density at radius 3 is 2.52 bits per heavy atom. The maximum atomic E-state index is 5.97. The molecule has 0 saturated heterocycles. The van der Waals surface area contributed by atoms with Crippen LogP contribution in [0.25, 0.3) is 0 Å². The van der Waals surface area contributed by atoms with Crippen LogP contribution in [0.2, 0.25) is 0 Å². The van der Waals surface area contributed by atoms with Crippen LogP contribution >= 0.6 is 0 Å². The van der Waals surface area contributed by atoms with Crippen molar-refractivity contribution in [3.63, 3.8) is 0 Å². The number of nitrogens with one attached hydrogen (secondary N) is 1. The van der Waals surface area contributed by atoms with Crippen molar-refractivity contribution in [2.75, 3.05) is 7.11 Å². The lowest BCUT2D eigenvalue weighted by atomic mass is 9.95. The zero-order valence-electron chi connectivity index (χ0n) is 13.1. The second-order valence-electron chi connectivity index (χ2n) is 7.35. The van der Waals surface area contributed by atoms with Gasteiger partial charge in [0.2, 0.25) is 0 Å². The maximum absolute atomic E-state index is 5.97. The highest BCUT2D eigenvalue weighted by Crippen LogP contribution is 2.72. The van der Waals surface area contributed by atoms with E-state index in [2.05, 4.69) is 29.1 Å². The zero-order valence-corrected chi connectivity index (χ0v) is 13.1. The molecule has 0 aromatic carbocycles. The van der Waals surface area contributed by atoms with Crippen LogP contribution in [0.15, 0.2) is 6.20 Å². The Kier molecular flexibility index (Phi) is 3.05. The standard InChI is InChI=1S/C16H26N4O/c1-8(2)20-16(11(21-3)7-18-20)15(19-17)14-12-9-4-5-10(6-9)13(12)14/h7-10,12-15,19H,4-6,17H2,1-3H3. The highest BCUT2D eigenvalue weighted by Gasteiger charge is 2.67. The average molecular weight is 290 g/mol. The summed E-state index contributed by atoms with van der Waals surface area (Å²) in [6.07, 6.45) is 6.15. The Morgan fingerprint density at radius 1 is 1.33 bits per heavy atom. The van der Waals surface area contributed by atoms with Crippen molar-refractivity contribution in [1.29, 1.82) is 0 Å². The Balaban J connectivity index is 1.67. The summed E-state index contributed by atoms with van der Waals surface area (Å²) in [4.78, 5) is 0. The van der Waals surface area contributed by atoms with Gasteiger partial charge in [0.25, 0.3) is 0 Å². The van der Waals surface area contributed by atoms with Crippen LogP contribution in [0.1, 0.15) is 50.9 Å². The molecule has 1 aromatic heterocycles. The summed E-state index contributed by atoms with van der Waals surface area (Å²) in [5.41, 5.74) is 4.23. The minimum absolute atomic E-state index is 0.170. The molecule has 2 bridgehead atoms. The lowest BCUT2D eigenvalue weighted by molar-refractivity contribution is 0.331. The molecule has 3 N–H and O–H groups in total. The number of methoxy groups -OCH3 is 1. The third kappa shape index (κ3) is 1.80. The molecule has 1 heterocycles. The van der Waals surface area contributed by atoms with E-state index in [4.69, 9.17) is 10.6 Å². The number of hydrazine groups is 1. The van der Waals surface area contributed by atoms with Gasteiger partial charge in [-0.3, -0.25) is 16.0 Å². The minimum atomic E-state index is 0.170. The largest absolute Gasteiger partial charge is 0.493 e. The van der Waals surface area contributed by atoms with E-state index < -0.39 is 0 Å². The molecule has 0 amide bonds. The van der Waals surface area contributed by atoms with Gasteiger partial charge in [-0.05, 0) is 62.7 Å². The SMILES string of the molecule is COc1cnn(C(C)C)c1C(NN)C1C2C3CCC(C3)C21. The van der Waals surface area contributed by atoms with Crippen LogP contribution in [-0.2, 0) is 0 Å². The summed E-state index contributed by atoms with van der Waals surface area (Å²) in [6.45, 7) is 4.31. The molecule has 3 saturated carbocycles. The van der Waals surface area contributed by atoms with E-state index in [1.54, 1.807) is 7.11 Å². The summed E-state index contributed by atoms with van der Waals surface area (Å²) < 4.78 is 7.62. The van der Waals surface area contributed by atoms with Gasteiger partial charge in [0, 0.05) is 6.04 Å². The second kappa shape index (κ2) is 4.71. The molecule has 3 fully saturated rings. The third-order valence-corrected chi connectivity index (χ3v) is 6.16. The molecule has 116 valence electrons. The molecule has 0 aliphatic heterocycles. The van der Waals surface area contributed by atoms with Crippen LogP contribution in [-0.4, -0.2) is 16.9 Å². The topological polar surface area (TPSA) is 65.1 Å². The number of hydrogen-bond acceptors (Lipinski definition) is 4. The van der Waals surface area contributed by atoms with Crippen LogP contribution in [0.5, 0.6) is 5.75 Å². The van der Waals surface area contributed by atoms with E-state index in [0.29, 0.717) is 12.0 Å². The molecule has 5 heteroatoms. The van der Waals surface area contributed by atoms with Crippen molar-refractivity contribution >= 4 is 0 Å². The lowest BCUT2D eigenvalue weighted by Crippen LogP contribution is -2.33. The summed E-state index contributed by atoms with van der Waals surface area (Å²) in [7, 11) is 1.72. The Morgan fingerprint density at radius 2 is 2.00 bits per heavy atom. The van der Waals surface area contributed by atoms with Gasteiger partial charge in [0.1, 0.15) is 0 Å². The third-order valence-electron chi connectivity index (χ3n) is 6.16. The summed E-state index contributed by atoms with van der Waals surface area (Å²) in [5, 5.41) is 4.51. The average Bonchev–Trinajstić information content (AvgIpc) is 2.86. The molecule has 3 aliphatic rings. The van der Waals surface area contributed by atoms with E-state index >= 15 is 0 Å². The molecule has 5 unspecified atom stereocenters. The molecule has 4 rings (SSSR count). The Labute approximate surface area is 126 Å². The first kappa shape index (κ1) is 13.6. The number of nitrogens with two attached hydrogens (primary N) is 1. The molecule has 5 nitrogen and oxygen atoms in total. The van der Waals surface area contributed by atoms with Crippen molar-refractivity contribution < 1.29 is 4.74 Å². The van der Waals surface area contributed by atoms with Crippen molar-refractivity contribution in [2.45, 2.75) is 45.2 Å². The first-order valence-corrected chi connectivity index (χ1v) is 8.24. The first-order valence-electron chi connectivity index (χ1n) is 8.24. The molecular weight excluding hydrogens is 264 g/mol. The van der Waals surface area contributed by atoms with Crippen molar-refractivity contribution in [1.82, 2.24) is 15.2 Å². The molecule has 3 aliphatic carbocycles. The van der Waals surface area contributed by atoms with Gasteiger partial charge >= 0.3 is 0 Å². The number of rotatable bonds is 5. The van der Waals surface area contributed by atoms with E-state index in [1.165, 1.54) is 19.3 Å². The Hall–Kier alpha value is -1.07. The highest BCUT2D eigenvalue weighted by molar-refractivity contribution is 5.32. The van der Waals surface area contributed by atoms with Crippen LogP contribution < -0.4 is 16.0 Å². The fraction of sp³-hybridized carbons (Fsp3) is 0.812. The van der Waals surface area contributed by atoms with Gasteiger partial charge in [-0.25, -0.2) is 0 Å². The van der Waals surface area contributed by atoms with Crippen LogP contribution in [0, 0.1) is 29.6 Å². The van der Waals surface area contributed by atoms with Gasteiger partial charge in [-0.15, -0.1) is 0 Å². The first-order chi connectivity index (χ1) is 10.2. The maximum Gasteiger partial charge on any atom is 0.161 e. The second-order valence-corrected chi connectivity index (χ2v) is 7.35. The normalized spacial score (nSPS) is 37.9. The summed E-state index contributed by atoms with van der Waals surface area (Å²) in [6, 6.07) is 0.485. The Bertz CT molecular complexity index is 524. The van der Waals surface area contributed by atoms with Crippen molar-refractivity contribution in [3.8, 4) is 5.75 Å². The molecule has 0 radical (unpaired) electrons.